The number of piperazine rings is 1. The van der Waals surface area contributed by atoms with Crippen molar-refractivity contribution in [1.29, 1.82) is 5.26 Å². The van der Waals surface area contributed by atoms with Crippen molar-refractivity contribution >= 4 is 11.7 Å². The Kier molecular flexibility index (Phi) is 5.88. The van der Waals surface area contributed by atoms with Gasteiger partial charge in [-0.25, -0.2) is 4.68 Å². The van der Waals surface area contributed by atoms with Crippen LogP contribution in [0.25, 0.3) is 5.69 Å². The predicted octanol–water partition coefficient (Wildman–Crippen LogP) is 1.80. The van der Waals surface area contributed by atoms with Gasteiger partial charge in [0, 0.05) is 38.8 Å². The Morgan fingerprint density at radius 2 is 1.93 bits per heavy atom. The highest BCUT2D eigenvalue weighted by molar-refractivity contribution is 5.93. The van der Waals surface area contributed by atoms with E-state index in [0.717, 1.165) is 49.9 Å². The highest BCUT2D eigenvalue weighted by Crippen LogP contribution is 2.19. The summed E-state index contributed by atoms with van der Waals surface area (Å²) < 4.78 is 6.70. The van der Waals surface area contributed by atoms with Crippen molar-refractivity contribution in [3.63, 3.8) is 0 Å². The van der Waals surface area contributed by atoms with E-state index >= 15 is 0 Å². The molecule has 3 heterocycles. The molecule has 2 aromatic heterocycles. The molecule has 1 aliphatic heterocycles. The summed E-state index contributed by atoms with van der Waals surface area (Å²) >= 11 is 0. The first kappa shape index (κ1) is 19.8. The molecule has 9 heteroatoms. The van der Waals surface area contributed by atoms with E-state index in [1.54, 1.807) is 4.68 Å². The van der Waals surface area contributed by atoms with E-state index in [1.165, 1.54) is 6.20 Å². The van der Waals surface area contributed by atoms with Gasteiger partial charge >= 0.3 is 0 Å². The van der Waals surface area contributed by atoms with Crippen molar-refractivity contribution in [1.82, 2.24) is 24.7 Å². The van der Waals surface area contributed by atoms with Crippen molar-refractivity contribution in [2.24, 2.45) is 0 Å². The lowest BCUT2D eigenvalue weighted by Gasteiger charge is -2.33. The van der Waals surface area contributed by atoms with E-state index in [9.17, 15) is 10.1 Å². The Hall–Kier alpha value is -3.48. The SMILES string of the molecule is Cc1cc(CN2CCN(CC(=O)Nc3c(C#N)cnn3-c3ccccc3)CC2)no1. The summed E-state index contributed by atoms with van der Waals surface area (Å²) in [6.07, 6.45) is 1.47. The number of aryl methyl sites for hydroxylation is 1. The first-order valence-corrected chi connectivity index (χ1v) is 9.82. The maximum atomic E-state index is 12.7. The van der Waals surface area contributed by atoms with E-state index in [1.807, 2.05) is 43.3 Å². The number of nitrogens with one attached hydrogen (secondary N) is 1. The van der Waals surface area contributed by atoms with Crippen molar-refractivity contribution in [2.75, 3.05) is 38.0 Å². The average molecular weight is 405 g/mol. The molecule has 4 rings (SSSR count). The number of benzene rings is 1. The largest absolute Gasteiger partial charge is 0.361 e. The van der Waals surface area contributed by atoms with E-state index < -0.39 is 0 Å². The van der Waals surface area contributed by atoms with Crippen LogP contribution in [0, 0.1) is 18.3 Å². The lowest BCUT2D eigenvalue weighted by Crippen LogP contribution is -2.48. The fourth-order valence-electron chi connectivity index (χ4n) is 3.52. The van der Waals surface area contributed by atoms with Crippen molar-refractivity contribution < 1.29 is 9.32 Å². The van der Waals surface area contributed by atoms with Gasteiger partial charge in [0.2, 0.25) is 5.91 Å². The van der Waals surface area contributed by atoms with Gasteiger partial charge in [0.25, 0.3) is 0 Å². The zero-order chi connectivity index (χ0) is 20.9. The Labute approximate surface area is 174 Å². The molecule has 1 N–H and O–H groups in total. The maximum Gasteiger partial charge on any atom is 0.239 e. The van der Waals surface area contributed by atoms with E-state index in [2.05, 4.69) is 31.4 Å². The summed E-state index contributed by atoms with van der Waals surface area (Å²) in [7, 11) is 0. The van der Waals surface area contributed by atoms with Gasteiger partial charge in [-0.15, -0.1) is 0 Å². The minimum absolute atomic E-state index is 0.162. The number of amides is 1. The van der Waals surface area contributed by atoms with Gasteiger partial charge in [0.15, 0.2) is 5.82 Å². The van der Waals surface area contributed by atoms with Crippen LogP contribution in [-0.2, 0) is 11.3 Å². The van der Waals surface area contributed by atoms with E-state index in [4.69, 9.17) is 4.52 Å². The molecule has 0 bridgehead atoms. The number of hydrogen-bond acceptors (Lipinski definition) is 7. The molecule has 0 atom stereocenters. The quantitative estimate of drug-likeness (QED) is 0.667. The highest BCUT2D eigenvalue weighted by atomic mass is 16.5. The van der Waals surface area contributed by atoms with Gasteiger partial charge in [-0.05, 0) is 19.1 Å². The molecule has 9 nitrogen and oxygen atoms in total. The van der Waals surface area contributed by atoms with E-state index in [-0.39, 0.29) is 12.5 Å². The Morgan fingerprint density at radius 3 is 2.60 bits per heavy atom. The topological polar surface area (TPSA) is 103 Å². The number of carbonyl (C=O) groups is 1. The lowest BCUT2D eigenvalue weighted by molar-refractivity contribution is -0.117. The van der Waals surface area contributed by atoms with Gasteiger partial charge in [-0.1, -0.05) is 23.4 Å². The molecule has 30 heavy (non-hydrogen) atoms. The van der Waals surface area contributed by atoms with Crippen LogP contribution in [0.2, 0.25) is 0 Å². The van der Waals surface area contributed by atoms with Crippen LogP contribution in [0.1, 0.15) is 17.0 Å². The minimum Gasteiger partial charge on any atom is -0.361 e. The molecule has 154 valence electrons. The van der Waals surface area contributed by atoms with Crippen LogP contribution in [0.15, 0.2) is 47.1 Å². The van der Waals surface area contributed by atoms with Crippen LogP contribution in [0.5, 0.6) is 0 Å². The monoisotopic (exact) mass is 405 g/mol. The molecule has 0 unspecified atom stereocenters. The average Bonchev–Trinajstić information content (AvgIpc) is 3.35. The Balaban J connectivity index is 1.34. The summed E-state index contributed by atoms with van der Waals surface area (Å²) in [5.41, 5.74) is 2.04. The second-order valence-corrected chi connectivity index (χ2v) is 7.30. The van der Waals surface area contributed by atoms with Crippen LogP contribution in [0.3, 0.4) is 0 Å². The first-order chi connectivity index (χ1) is 14.6. The summed E-state index contributed by atoms with van der Waals surface area (Å²) in [4.78, 5) is 17.1. The molecule has 1 aromatic carbocycles. The number of carbonyl (C=O) groups excluding carboxylic acids is 1. The highest BCUT2D eigenvalue weighted by Gasteiger charge is 2.21. The fourth-order valence-corrected chi connectivity index (χ4v) is 3.52. The zero-order valence-electron chi connectivity index (χ0n) is 16.8. The number of nitrogens with zero attached hydrogens (tertiary/aromatic N) is 6. The Morgan fingerprint density at radius 1 is 1.20 bits per heavy atom. The molecule has 3 aromatic rings. The third-order valence-electron chi connectivity index (χ3n) is 5.04. The van der Waals surface area contributed by atoms with Gasteiger partial charge in [-0.2, -0.15) is 10.4 Å². The zero-order valence-corrected chi connectivity index (χ0v) is 16.8. The number of aromatic nitrogens is 3. The Bertz CT molecular complexity index is 1040. The number of hydrogen-bond donors (Lipinski definition) is 1. The molecule has 0 saturated carbocycles. The summed E-state index contributed by atoms with van der Waals surface area (Å²) in [6.45, 7) is 6.17. The van der Waals surface area contributed by atoms with Crippen molar-refractivity contribution in [2.45, 2.75) is 13.5 Å². The van der Waals surface area contributed by atoms with Gasteiger partial charge in [-0.3, -0.25) is 14.6 Å². The molecular weight excluding hydrogens is 382 g/mol. The summed E-state index contributed by atoms with van der Waals surface area (Å²) in [6, 6.07) is 13.5. The van der Waals surface area contributed by atoms with Crippen molar-refractivity contribution in [3.8, 4) is 11.8 Å². The molecule has 1 saturated heterocycles. The molecule has 1 fully saturated rings. The molecule has 1 aliphatic rings. The third kappa shape index (κ3) is 4.56. The normalized spacial score (nSPS) is 15.1. The summed E-state index contributed by atoms with van der Waals surface area (Å²) in [5, 5.41) is 20.5. The van der Waals surface area contributed by atoms with Crippen LogP contribution in [-0.4, -0.2) is 63.4 Å². The molecule has 1 amide bonds. The van der Waals surface area contributed by atoms with Gasteiger partial charge in [0.1, 0.15) is 17.4 Å². The lowest BCUT2D eigenvalue weighted by atomic mass is 10.2. The van der Waals surface area contributed by atoms with Crippen LogP contribution < -0.4 is 5.32 Å². The van der Waals surface area contributed by atoms with Crippen LogP contribution in [0.4, 0.5) is 5.82 Å². The van der Waals surface area contributed by atoms with Crippen molar-refractivity contribution in [3.05, 3.63) is 59.6 Å². The molecule has 0 spiro atoms. The van der Waals surface area contributed by atoms with E-state index in [0.29, 0.717) is 11.4 Å². The number of rotatable bonds is 6. The molecule has 0 radical (unpaired) electrons. The number of nitriles is 1. The van der Waals surface area contributed by atoms with Gasteiger partial charge < -0.3 is 9.84 Å². The smallest absolute Gasteiger partial charge is 0.239 e. The third-order valence-corrected chi connectivity index (χ3v) is 5.04. The van der Waals surface area contributed by atoms with Gasteiger partial charge in [0.05, 0.1) is 24.1 Å². The minimum atomic E-state index is -0.162. The summed E-state index contributed by atoms with van der Waals surface area (Å²) in [5.74, 6) is 1.05. The molecule has 0 aliphatic carbocycles. The van der Waals surface area contributed by atoms with Crippen LogP contribution >= 0.6 is 0 Å². The number of anilines is 1. The first-order valence-electron chi connectivity index (χ1n) is 9.82. The number of para-hydroxylation sites is 1. The fraction of sp³-hybridized carbons (Fsp3) is 0.333. The standard InChI is InChI=1S/C21H23N7O2/c1-16-11-18(25-30-16)14-26-7-9-27(10-8-26)15-20(29)24-21-17(12-22)13-23-28(21)19-5-3-2-4-6-19/h2-6,11,13H,7-10,14-15H2,1H3,(H,24,29). The second-order valence-electron chi connectivity index (χ2n) is 7.30. The maximum absolute atomic E-state index is 12.7. The predicted molar refractivity (Wildman–Crippen MR) is 110 cm³/mol. The second kappa shape index (κ2) is 8.90. The molecular formula is C21H23N7O2.